The Kier molecular flexibility index (Phi) is 3.60. The Labute approximate surface area is 125 Å². The first-order valence-corrected chi connectivity index (χ1v) is 7.15. The van der Waals surface area contributed by atoms with Gasteiger partial charge in [-0.25, -0.2) is 4.98 Å². The van der Waals surface area contributed by atoms with E-state index in [1.807, 2.05) is 12.1 Å². The Morgan fingerprint density at radius 1 is 1.14 bits per heavy atom. The first-order chi connectivity index (χ1) is 10.2. The molecule has 1 aromatic heterocycles. The second-order valence-corrected chi connectivity index (χ2v) is 5.51. The number of fused-ring (bicyclic) bond motifs is 1. The molecule has 0 N–H and O–H groups in total. The summed E-state index contributed by atoms with van der Waals surface area (Å²) in [4.78, 5) is 20.6. The number of hydrogen-bond acceptors (Lipinski definition) is 3. The number of rotatable bonds is 2. The van der Waals surface area contributed by atoms with Crippen LogP contribution in [0.2, 0.25) is 0 Å². The number of hydrogen-bond donors (Lipinski definition) is 0. The zero-order valence-corrected chi connectivity index (χ0v) is 12.4. The van der Waals surface area contributed by atoms with Gasteiger partial charge in [0.2, 0.25) is 0 Å². The molecule has 108 valence electrons. The van der Waals surface area contributed by atoms with Crippen LogP contribution in [-0.2, 0) is 13.0 Å². The van der Waals surface area contributed by atoms with Crippen molar-refractivity contribution in [3.05, 3.63) is 59.3 Å². The highest BCUT2D eigenvalue weighted by Gasteiger charge is 2.22. The smallest absolute Gasteiger partial charge is 0.257 e. The van der Waals surface area contributed by atoms with Gasteiger partial charge in [-0.3, -0.25) is 4.79 Å². The lowest BCUT2D eigenvalue weighted by atomic mass is 9.99. The minimum absolute atomic E-state index is 0.00282. The Morgan fingerprint density at radius 3 is 2.67 bits per heavy atom. The Balaban J connectivity index is 1.94. The van der Waals surface area contributed by atoms with Crippen molar-refractivity contribution >= 4 is 11.7 Å². The minimum atomic E-state index is -0.00282. The number of aromatic nitrogens is 1. The first-order valence-electron chi connectivity index (χ1n) is 7.15. The molecule has 0 fully saturated rings. The van der Waals surface area contributed by atoms with Crippen LogP contribution < -0.4 is 4.90 Å². The molecule has 3 rings (SSSR count). The predicted octanol–water partition coefficient (Wildman–Crippen LogP) is 2.35. The number of carbonyl (C=O) groups is 1. The molecule has 1 amide bonds. The Bertz CT molecular complexity index is 667. The second kappa shape index (κ2) is 5.56. The van der Waals surface area contributed by atoms with Crippen LogP contribution in [0.5, 0.6) is 0 Å². The normalized spacial score (nSPS) is 13.7. The summed E-state index contributed by atoms with van der Waals surface area (Å²) in [5.41, 5.74) is 3.38. The van der Waals surface area contributed by atoms with Gasteiger partial charge in [0.25, 0.3) is 5.91 Å². The van der Waals surface area contributed by atoms with E-state index in [0.717, 1.165) is 25.3 Å². The van der Waals surface area contributed by atoms with Gasteiger partial charge in [0.15, 0.2) is 0 Å². The van der Waals surface area contributed by atoms with Gasteiger partial charge >= 0.3 is 0 Å². The van der Waals surface area contributed by atoms with Crippen molar-refractivity contribution in [3.8, 4) is 0 Å². The van der Waals surface area contributed by atoms with Crippen molar-refractivity contribution in [3.63, 3.8) is 0 Å². The molecular weight excluding hydrogens is 262 g/mol. The molecule has 0 bridgehead atoms. The lowest BCUT2D eigenvalue weighted by Crippen LogP contribution is -2.33. The van der Waals surface area contributed by atoms with Crippen LogP contribution in [0.15, 0.2) is 42.6 Å². The zero-order valence-electron chi connectivity index (χ0n) is 12.4. The summed E-state index contributed by atoms with van der Waals surface area (Å²) < 4.78 is 0. The molecule has 0 saturated heterocycles. The number of amides is 1. The molecule has 1 aliphatic heterocycles. The van der Waals surface area contributed by atoms with Crippen LogP contribution in [0, 0.1) is 0 Å². The molecule has 21 heavy (non-hydrogen) atoms. The average Bonchev–Trinajstić information content (AvgIpc) is 2.53. The van der Waals surface area contributed by atoms with Crippen molar-refractivity contribution in [2.75, 3.05) is 25.5 Å². The SMILES string of the molecule is CN(C)C(=O)c1cccnc1N1CCc2ccccc2C1. The van der Waals surface area contributed by atoms with Crippen molar-refractivity contribution in [1.82, 2.24) is 9.88 Å². The van der Waals surface area contributed by atoms with Crippen LogP contribution in [0.25, 0.3) is 0 Å². The maximum absolute atomic E-state index is 12.3. The van der Waals surface area contributed by atoms with Crippen molar-refractivity contribution < 1.29 is 4.79 Å². The van der Waals surface area contributed by atoms with Crippen LogP contribution >= 0.6 is 0 Å². The third-order valence-electron chi connectivity index (χ3n) is 3.85. The largest absolute Gasteiger partial charge is 0.351 e. The molecule has 0 saturated carbocycles. The van der Waals surface area contributed by atoms with Gasteiger partial charge in [0.05, 0.1) is 5.56 Å². The fourth-order valence-corrected chi connectivity index (χ4v) is 2.73. The molecule has 4 nitrogen and oxygen atoms in total. The van der Waals surface area contributed by atoms with Gasteiger partial charge in [-0.05, 0) is 29.7 Å². The summed E-state index contributed by atoms with van der Waals surface area (Å²) in [6, 6.07) is 12.1. The fourth-order valence-electron chi connectivity index (χ4n) is 2.73. The van der Waals surface area contributed by atoms with Crippen molar-refractivity contribution in [2.45, 2.75) is 13.0 Å². The van der Waals surface area contributed by atoms with Crippen molar-refractivity contribution in [2.24, 2.45) is 0 Å². The van der Waals surface area contributed by atoms with E-state index in [-0.39, 0.29) is 5.91 Å². The molecule has 2 aromatic rings. The van der Waals surface area contributed by atoms with Gasteiger partial charge < -0.3 is 9.80 Å². The molecule has 0 spiro atoms. The monoisotopic (exact) mass is 281 g/mol. The van der Waals surface area contributed by atoms with Crippen molar-refractivity contribution in [1.29, 1.82) is 0 Å². The van der Waals surface area contributed by atoms with E-state index in [2.05, 4.69) is 34.1 Å². The van der Waals surface area contributed by atoms with Gasteiger partial charge in [-0.1, -0.05) is 24.3 Å². The maximum atomic E-state index is 12.3. The van der Waals surface area contributed by atoms with E-state index >= 15 is 0 Å². The number of anilines is 1. The summed E-state index contributed by atoms with van der Waals surface area (Å²) in [6.45, 7) is 1.70. The van der Waals surface area contributed by atoms with E-state index < -0.39 is 0 Å². The molecular formula is C17H19N3O. The highest BCUT2D eigenvalue weighted by Crippen LogP contribution is 2.25. The molecule has 1 aliphatic rings. The quantitative estimate of drug-likeness (QED) is 0.848. The zero-order chi connectivity index (χ0) is 14.8. The summed E-state index contributed by atoms with van der Waals surface area (Å²) in [6.07, 6.45) is 2.74. The first kappa shape index (κ1) is 13.6. The molecule has 0 aliphatic carbocycles. The molecule has 0 unspecified atom stereocenters. The summed E-state index contributed by atoms with van der Waals surface area (Å²) in [7, 11) is 3.54. The second-order valence-electron chi connectivity index (χ2n) is 5.51. The fraction of sp³-hybridized carbons (Fsp3) is 0.294. The number of pyridine rings is 1. The molecule has 0 atom stereocenters. The Morgan fingerprint density at radius 2 is 1.90 bits per heavy atom. The third-order valence-corrected chi connectivity index (χ3v) is 3.85. The van der Waals surface area contributed by atoms with Gasteiger partial charge in [-0.15, -0.1) is 0 Å². The van der Waals surface area contributed by atoms with E-state index in [1.165, 1.54) is 11.1 Å². The molecule has 1 aromatic carbocycles. The topological polar surface area (TPSA) is 36.4 Å². The minimum Gasteiger partial charge on any atom is -0.351 e. The van der Waals surface area contributed by atoms with Gasteiger partial charge in [0.1, 0.15) is 5.82 Å². The number of benzene rings is 1. The van der Waals surface area contributed by atoms with Gasteiger partial charge in [0, 0.05) is 33.4 Å². The summed E-state index contributed by atoms with van der Waals surface area (Å²) in [5, 5.41) is 0. The predicted molar refractivity (Wildman–Crippen MR) is 83.5 cm³/mol. The highest BCUT2D eigenvalue weighted by atomic mass is 16.2. The molecule has 0 radical (unpaired) electrons. The van der Waals surface area contributed by atoms with E-state index in [9.17, 15) is 4.79 Å². The lowest BCUT2D eigenvalue weighted by Gasteiger charge is -2.31. The average molecular weight is 281 g/mol. The van der Waals surface area contributed by atoms with Crippen LogP contribution in [0.1, 0.15) is 21.5 Å². The summed E-state index contributed by atoms with van der Waals surface area (Å²) in [5.74, 6) is 0.780. The molecule has 2 heterocycles. The standard InChI is InChI=1S/C17H19N3O/c1-19(2)17(21)15-8-5-10-18-16(15)20-11-9-13-6-3-4-7-14(13)12-20/h3-8,10H,9,11-12H2,1-2H3. The number of nitrogens with zero attached hydrogens (tertiary/aromatic N) is 3. The number of carbonyl (C=O) groups excluding carboxylic acids is 1. The van der Waals surface area contributed by atoms with E-state index in [1.54, 1.807) is 25.2 Å². The lowest BCUT2D eigenvalue weighted by molar-refractivity contribution is 0.0827. The third kappa shape index (κ3) is 2.61. The van der Waals surface area contributed by atoms with Crippen LogP contribution in [0.4, 0.5) is 5.82 Å². The van der Waals surface area contributed by atoms with Gasteiger partial charge in [-0.2, -0.15) is 0 Å². The molecule has 4 heteroatoms. The van der Waals surface area contributed by atoms with E-state index in [4.69, 9.17) is 0 Å². The van der Waals surface area contributed by atoms with E-state index in [0.29, 0.717) is 5.56 Å². The summed E-state index contributed by atoms with van der Waals surface area (Å²) >= 11 is 0. The highest BCUT2D eigenvalue weighted by molar-refractivity contribution is 5.98. The van der Waals surface area contributed by atoms with Crippen LogP contribution in [0.3, 0.4) is 0 Å². The maximum Gasteiger partial charge on any atom is 0.257 e. The van der Waals surface area contributed by atoms with Crippen LogP contribution in [-0.4, -0.2) is 36.4 Å². The Hall–Kier alpha value is -2.36.